The molecule has 0 fully saturated rings. The molecule has 0 bridgehead atoms. The van der Waals surface area contributed by atoms with Crippen molar-refractivity contribution in [3.63, 3.8) is 0 Å². The highest BCUT2D eigenvalue weighted by Gasteiger charge is 2.19. The number of sulfonamides is 1. The Labute approximate surface area is 135 Å². The molecule has 5 nitrogen and oxygen atoms in total. The van der Waals surface area contributed by atoms with Crippen LogP contribution in [-0.2, 0) is 10.0 Å². The van der Waals surface area contributed by atoms with Gasteiger partial charge in [-0.25, -0.2) is 8.42 Å². The zero-order valence-electron chi connectivity index (χ0n) is 12.6. The summed E-state index contributed by atoms with van der Waals surface area (Å²) >= 11 is 0. The van der Waals surface area contributed by atoms with Crippen molar-refractivity contribution in [3.8, 4) is 5.75 Å². The number of rotatable bonds is 5. The van der Waals surface area contributed by atoms with Crippen LogP contribution in [0.4, 0.5) is 5.69 Å². The van der Waals surface area contributed by atoms with Gasteiger partial charge < -0.3 is 4.74 Å². The van der Waals surface area contributed by atoms with Crippen molar-refractivity contribution in [2.75, 3.05) is 11.3 Å². The fourth-order valence-electron chi connectivity index (χ4n) is 2.33. The van der Waals surface area contributed by atoms with Crippen LogP contribution in [0.2, 0.25) is 0 Å². The van der Waals surface area contributed by atoms with E-state index in [1.165, 1.54) is 0 Å². The van der Waals surface area contributed by atoms with Gasteiger partial charge in [-0.2, -0.15) is 0 Å². The lowest BCUT2D eigenvalue weighted by Crippen LogP contribution is -2.14. The van der Waals surface area contributed by atoms with E-state index in [-0.39, 0.29) is 4.90 Å². The number of anilines is 1. The highest BCUT2D eigenvalue weighted by molar-refractivity contribution is 7.93. The fraction of sp³-hybridized carbons (Fsp3) is 0.118. The van der Waals surface area contributed by atoms with Gasteiger partial charge in [-0.1, -0.05) is 30.3 Å². The smallest absolute Gasteiger partial charge is 0.264 e. The molecular formula is C17H16N2O3S. The minimum atomic E-state index is -3.77. The Morgan fingerprint density at radius 3 is 2.65 bits per heavy atom. The standard InChI is InChI=1S/C17H16N2O3S/c1-2-22-15-10-4-3-9-14(15)19-23(20,21)16-11-5-7-13-8-6-12-18-17(13)16/h3-12,19H,2H2,1H3. The molecule has 0 amide bonds. The molecule has 0 aliphatic heterocycles. The molecule has 118 valence electrons. The first-order chi connectivity index (χ1) is 11.1. The van der Waals surface area contributed by atoms with E-state index in [2.05, 4.69) is 9.71 Å². The number of benzene rings is 2. The fourth-order valence-corrected chi connectivity index (χ4v) is 3.58. The van der Waals surface area contributed by atoms with Crippen molar-refractivity contribution in [3.05, 3.63) is 60.8 Å². The van der Waals surface area contributed by atoms with Crippen molar-refractivity contribution in [2.45, 2.75) is 11.8 Å². The predicted octanol–water partition coefficient (Wildman–Crippen LogP) is 3.43. The number of nitrogens with one attached hydrogen (secondary N) is 1. The summed E-state index contributed by atoms with van der Waals surface area (Å²) in [6, 6.07) is 15.6. The quantitative estimate of drug-likeness (QED) is 0.779. The Kier molecular flexibility index (Phi) is 4.16. The summed E-state index contributed by atoms with van der Waals surface area (Å²) in [6.07, 6.45) is 1.58. The van der Waals surface area contributed by atoms with E-state index in [1.54, 1.807) is 48.7 Å². The molecule has 6 heteroatoms. The van der Waals surface area contributed by atoms with Gasteiger partial charge in [-0.05, 0) is 31.2 Å². The average Bonchev–Trinajstić information content (AvgIpc) is 2.56. The molecule has 1 aromatic heterocycles. The summed E-state index contributed by atoms with van der Waals surface area (Å²) in [6.45, 7) is 2.30. The highest BCUT2D eigenvalue weighted by Crippen LogP contribution is 2.28. The number of hydrogen-bond acceptors (Lipinski definition) is 4. The maximum atomic E-state index is 12.8. The number of para-hydroxylation sites is 3. The van der Waals surface area contributed by atoms with E-state index in [9.17, 15) is 8.42 Å². The second kappa shape index (κ2) is 6.26. The maximum absolute atomic E-state index is 12.8. The zero-order valence-corrected chi connectivity index (χ0v) is 13.4. The van der Waals surface area contributed by atoms with Crippen LogP contribution in [0.3, 0.4) is 0 Å². The SMILES string of the molecule is CCOc1ccccc1NS(=O)(=O)c1cccc2cccnc12. The third-order valence-corrected chi connectivity index (χ3v) is 4.71. The van der Waals surface area contributed by atoms with Gasteiger partial charge in [0.2, 0.25) is 0 Å². The van der Waals surface area contributed by atoms with E-state index in [1.807, 2.05) is 19.1 Å². The van der Waals surface area contributed by atoms with E-state index in [4.69, 9.17) is 4.74 Å². The number of hydrogen-bond donors (Lipinski definition) is 1. The first kappa shape index (κ1) is 15.3. The summed E-state index contributed by atoms with van der Waals surface area (Å²) in [4.78, 5) is 4.34. The Bertz CT molecular complexity index is 934. The summed E-state index contributed by atoms with van der Waals surface area (Å²) in [5, 5.41) is 0.772. The molecule has 0 radical (unpaired) electrons. The van der Waals surface area contributed by atoms with Crippen LogP contribution in [0, 0.1) is 0 Å². The average molecular weight is 328 g/mol. The Balaban J connectivity index is 2.05. The van der Waals surface area contributed by atoms with Gasteiger partial charge in [0.1, 0.15) is 10.6 Å². The third kappa shape index (κ3) is 3.12. The second-order valence-corrected chi connectivity index (χ2v) is 6.52. The second-order valence-electron chi connectivity index (χ2n) is 4.87. The Morgan fingerprint density at radius 1 is 1.04 bits per heavy atom. The molecule has 23 heavy (non-hydrogen) atoms. The number of aromatic nitrogens is 1. The monoisotopic (exact) mass is 328 g/mol. The van der Waals surface area contributed by atoms with Gasteiger partial charge in [0.05, 0.1) is 17.8 Å². The third-order valence-electron chi connectivity index (χ3n) is 3.32. The van der Waals surface area contributed by atoms with E-state index < -0.39 is 10.0 Å². The molecule has 1 heterocycles. The van der Waals surface area contributed by atoms with Crippen LogP contribution < -0.4 is 9.46 Å². The molecule has 2 aromatic carbocycles. The molecule has 3 aromatic rings. The van der Waals surface area contributed by atoms with Gasteiger partial charge in [-0.15, -0.1) is 0 Å². The van der Waals surface area contributed by atoms with Crippen molar-refractivity contribution in [1.29, 1.82) is 0 Å². The van der Waals surface area contributed by atoms with E-state index >= 15 is 0 Å². The van der Waals surface area contributed by atoms with Crippen LogP contribution in [0.5, 0.6) is 5.75 Å². The summed E-state index contributed by atoms with van der Waals surface area (Å²) in [5.41, 5.74) is 0.846. The molecule has 0 aliphatic rings. The lowest BCUT2D eigenvalue weighted by molar-refractivity contribution is 0.342. The molecule has 0 spiro atoms. The van der Waals surface area contributed by atoms with Crippen molar-refractivity contribution in [1.82, 2.24) is 4.98 Å². The zero-order chi connectivity index (χ0) is 16.3. The van der Waals surface area contributed by atoms with Crippen LogP contribution in [-0.4, -0.2) is 20.0 Å². The van der Waals surface area contributed by atoms with Crippen LogP contribution >= 0.6 is 0 Å². The van der Waals surface area contributed by atoms with Crippen molar-refractivity contribution in [2.24, 2.45) is 0 Å². The van der Waals surface area contributed by atoms with Gasteiger partial charge in [0, 0.05) is 11.6 Å². The topological polar surface area (TPSA) is 68.3 Å². The van der Waals surface area contributed by atoms with Crippen molar-refractivity contribution < 1.29 is 13.2 Å². The summed E-state index contributed by atoms with van der Waals surface area (Å²) in [7, 11) is -3.77. The van der Waals surface area contributed by atoms with E-state index in [0.717, 1.165) is 5.39 Å². The molecule has 0 saturated carbocycles. The molecular weight excluding hydrogens is 312 g/mol. The largest absolute Gasteiger partial charge is 0.492 e. The van der Waals surface area contributed by atoms with Gasteiger partial charge >= 0.3 is 0 Å². The lowest BCUT2D eigenvalue weighted by Gasteiger charge is -2.13. The molecule has 0 unspecified atom stereocenters. The highest BCUT2D eigenvalue weighted by atomic mass is 32.2. The predicted molar refractivity (Wildman–Crippen MR) is 90.2 cm³/mol. The number of ether oxygens (including phenoxy) is 1. The van der Waals surface area contributed by atoms with Crippen LogP contribution in [0.1, 0.15) is 6.92 Å². The number of pyridine rings is 1. The summed E-state index contributed by atoms with van der Waals surface area (Å²) in [5.74, 6) is 0.492. The van der Waals surface area contributed by atoms with Crippen LogP contribution in [0.15, 0.2) is 65.7 Å². The molecule has 0 aliphatic carbocycles. The van der Waals surface area contributed by atoms with Crippen LogP contribution in [0.25, 0.3) is 10.9 Å². The number of nitrogens with zero attached hydrogens (tertiary/aromatic N) is 1. The molecule has 0 atom stereocenters. The lowest BCUT2D eigenvalue weighted by atomic mass is 10.2. The van der Waals surface area contributed by atoms with Crippen molar-refractivity contribution >= 4 is 26.6 Å². The molecule has 3 rings (SSSR count). The molecule has 1 N–H and O–H groups in total. The van der Waals surface area contributed by atoms with E-state index in [0.29, 0.717) is 23.6 Å². The van der Waals surface area contributed by atoms with Gasteiger partial charge in [0.25, 0.3) is 10.0 Å². The summed E-state index contributed by atoms with van der Waals surface area (Å²) < 4.78 is 33.6. The minimum absolute atomic E-state index is 0.141. The first-order valence-corrected chi connectivity index (χ1v) is 8.68. The normalized spacial score (nSPS) is 11.3. The van der Waals surface area contributed by atoms with Gasteiger partial charge in [0.15, 0.2) is 0 Å². The Hall–Kier alpha value is -2.60. The number of fused-ring (bicyclic) bond motifs is 1. The Morgan fingerprint density at radius 2 is 1.83 bits per heavy atom. The minimum Gasteiger partial charge on any atom is -0.492 e. The van der Waals surface area contributed by atoms with Gasteiger partial charge in [-0.3, -0.25) is 9.71 Å². The molecule has 0 saturated heterocycles. The maximum Gasteiger partial charge on any atom is 0.264 e. The first-order valence-electron chi connectivity index (χ1n) is 7.20.